The Hall–Kier alpha value is -2.09. The summed E-state index contributed by atoms with van der Waals surface area (Å²) in [6.07, 6.45) is -4.01. The van der Waals surface area contributed by atoms with Crippen molar-refractivity contribution in [1.29, 1.82) is 0 Å². The van der Waals surface area contributed by atoms with Crippen LogP contribution in [-0.4, -0.2) is 49.8 Å². The highest BCUT2D eigenvalue weighted by Gasteiger charge is 2.31. The van der Waals surface area contributed by atoms with E-state index in [4.69, 9.17) is 9.47 Å². The summed E-state index contributed by atoms with van der Waals surface area (Å²) in [5.74, 6) is -0.219. The summed E-state index contributed by atoms with van der Waals surface area (Å²) < 4.78 is 51.3. The molecule has 27 heavy (non-hydrogen) atoms. The van der Waals surface area contributed by atoms with Gasteiger partial charge in [0.05, 0.1) is 25.4 Å². The van der Waals surface area contributed by atoms with E-state index in [1.165, 1.54) is 17.7 Å². The first-order valence-corrected chi connectivity index (χ1v) is 8.85. The smallest absolute Gasteiger partial charge is 0.406 e. The van der Waals surface area contributed by atoms with Gasteiger partial charge < -0.3 is 14.2 Å². The first-order chi connectivity index (χ1) is 12.9. The van der Waals surface area contributed by atoms with Crippen molar-refractivity contribution in [2.75, 3.05) is 26.3 Å². The normalized spacial score (nSPS) is 21.3. The lowest BCUT2D eigenvalue weighted by Crippen LogP contribution is -2.31. The molecule has 0 aromatic heterocycles. The summed E-state index contributed by atoms with van der Waals surface area (Å²) >= 11 is 0. The number of benzene rings is 2. The minimum atomic E-state index is -4.67. The van der Waals surface area contributed by atoms with E-state index in [0.29, 0.717) is 12.2 Å². The minimum Gasteiger partial charge on any atom is -0.406 e. The van der Waals surface area contributed by atoms with Crippen molar-refractivity contribution >= 4 is 0 Å². The number of nitrogens with zero attached hydrogens (tertiary/aromatic N) is 1. The number of alkyl halides is 3. The molecule has 4 rings (SSSR count). The van der Waals surface area contributed by atoms with Crippen molar-refractivity contribution in [3.05, 3.63) is 54.1 Å². The second-order valence-corrected chi connectivity index (χ2v) is 6.87. The Morgan fingerprint density at radius 1 is 0.852 bits per heavy atom. The van der Waals surface area contributed by atoms with Gasteiger partial charge in [0.2, 0.25) is 0 Å². The van der Waals surface area contributed by atoms with Crippen LogP contribution in [0, 0.1) is 0 Å². The molecule has 0 radical (unpaired) electrons. The van der Waals surface area contributed by atoms with Crippen molar-refractivity contribution in [2.24, 2.45) is 0 Å². The molecule has 2 saturated heterocycles. The maximum atomic E-state index is 12.2. The average Bonchev–Trinajstić information content (AvgIpc) is 3.52. The summed E-state index contributed by atoms with van der Waals surface area (Å²) in [7, 11) is 0. The van der Waals surface area contributed by atoms with E-state index in [0.717, 1.165) is 44.0 Å². The molecule has 2 unspecified atom stereocenters. The zero-order valence-electron chi connectivity index (χ0n) is 14.6. The monoisotopic (exact) mass is 379 g/mol. The fourth-order valence-electron chi connectivity index (χ4n) is 3.04. The lowest BCUT2D eigenvalue weighted by Gasteiger charge is -2.20. The Kier molecular flexibility index (Phi) is 5.08. The average molecular weight is 379 g/mol. The van der Waals surface area contributed by atoms with Crippen molar-refractivity contribution in [1.82, 2.24) is 4.90 Å². The van der Waals surface area contributed by atoms with Crippen LogP contribution in [0.15, 0.2) is 48.5 Å². The van der Waals surface area contributed by atoms with E-state index in [9.17, 15) is 13.2 Å². The fraction of sp³-hybridized carbons (Fsp3) is 0.400. The van der Waals surface area contributed by atoms with Crippen LogP contribution < -0.4 is 4.74 Å². The predicted octanol–water partition coefficient (Wildman–Crippen LogP) is 3.85. The van der Waals surface area contributed by atoms with Crippen LogP contribution in [0.3, 0.4) is 0 Å². The molecular weight excluding hydrogens is 359 g/mol. The maximum absolute atomic E-state index is 12.2. The minimum absolute atomic E-state index is 0.219. The Bertz CT molecular complexity index is 740. The van der Waals surface area contributed by atoms with E-state index >= 15 is 0 Å². The molecule has 2 aliphatic heterocycles. The first kappa shape index (κ1) is 18.3. The molecule has 144 valence electrons. The molecule has 2 heterocycles. The van der Waals surface area contributed by atoms with Crippen LogP contribution in [0.1, 0.15) is 5.56 Å². The van der Waals surface area contributed by atoms with Crippen LogP contribution in [0.5, 0.6) is 5.75 Å². The van der Waals surface area contributed by atoms with Crippen molar-refractivity contribution < 1.29 is 27.4 Å². The molecule has 2 aromatic carbocycles. The van der Waals surface area contributed by atoms with Crippen LogP contribution in [0.4, 0.5) is 13.2 Å². The molecule has 2 aromatic rings. The summed E-state index contributed by atoms with van der Waals surface area (Å²) in [5, 5.41) is 0. The van der Waals surface area contributed by atoms with Gasteiger partial charge in [0, 0.05) is 19.6 Å². The summed E-state index contributed by atoms with van der Waals surface area (Å²) in [4.78, 5) is 2.34. The summed E-state index contributed by atoms with van der Waals surface area (Å²) in [6, 6.07) is 13.9. The van der Waals surface area contributed by atoms with Crippen LogP contribution in [0.2, 0.25) is 0 Å². The summed E-state index contributed by atoms with van der Waals surface area (Å²) in [5.41, 5.74) is 2.96. The largest absolute Gasteiger partial charge is 0.573 e. The molecule has 0 saturated carbocycles. The van der Waals surface area contributed by atoms with Crippen molar-refractivity contribution in [2.45, 2.75) is 25.1 Å². The third-order valence-corrected chi connectivity index (χ3v) is 4.51. The second-order valence-electron chi connectivity index (χ2n) is 6.87. The number of halogens is 3. The van der Waals surface area contributed by atoms with Gasteiger partial charge in [0.25, 0.3) is 0 Å². The molecule has 0 amide bonds. The highest BCUT2D eigenvalue weighted by Crippen LogP contribution is 2.27. The van der Waals surface area contributed by atoms with Gasteiger partial charge in [-0.25, -0.2) is 0 Å². The Morgan fingerprint density at radius 3 is 1.78 bits per heavy atom. The van der Waals surface area contributed by atoms with E-state index < -0.39 is 6.36 Å². The number of epoxide rings is 2. The van der Waals surface area contributed by atoms with Crippen molar-refractivity contribution in [3.8, 4) is 16.9 Å². The third-order valence-electron chi connectivity index (χ3n) is 4.51. The van der Waals surface area contributed by atoms with Crippen molar-refractivity contribution in [3.63, 3.8) is 0 Å². The molecule has 0 bridgehead atoms. The zero-order valence-corrected chi connectivity index (χ0v) is 14.6. The number of ether oxygens (including phenoxy) is 3. The molecule has 4 nitrogen and oxygen atoms in total. The highest BCUT2D eigenvalue weighted by molar-refractivity contribution is 5.64. The Labute approximate surface area is 155 Å². The molecule has 0 N–H and O–H groups in total. The molecule has 2 fully saturated rings. The van der Waals surface area contributed by atoms with Gasteiger partial charge in [-0.05, 0) is 28.8 Å². The van der Waals surface area contributed by atoms with E-state index in [-0.39, 0.29) is 5.75 Å². The maximum Gasteiger partial charge on any atom is 0.573 e. The lowest BCUT2D eigenvalue weighted by molar-refractivity contribution is -0.274. The molecule has 7 heteroatoms. The van der Waals surface area contributed by atoms with Gasteiger partial charge in [-0.15, -0.1) is 13.2 Å². The van der Waals surface area contributed by atoms with Gasteiger partial charge in [0.15, 0.2) is 0 Å². The lowest BCUT2D eigenvalue weighted by atomic mass is 10.0. The van der Waals surface area contributed by atoms with Gasteiger partial charge in [-0.3, -0.25) is 4.90 Å². The predicted molar refractivity (Wildman–Crippen MR) is 93.3 cm³/mol. The Balaban J connectivity index is 1.38. The third kappa shape index (κ3) is 5.69. The van der Waals surface area contributed by atoms with Gasteiger partial charge in [-0.1, -0.05) is 36.4 Å². The van der Waals surface area contributed by atoms with Gasteiger partial charge in [-0.2, -0.15) is 0 Å². The topological polar surface area (TPSA) is 37.5 Å². The summed E-state index contributed by atoms with van der Waals surface area (Å²) in [6.45, 7) is 4.28. The standard InChI is InChI=1S/C20H20F3NO3/c21-20(22,23)27-17-7-5-16(6-8-17)15-3-1-14(2-4-15)9-24(10-18-12-25-18)11-19-13-26-19/h1-8,18-19H,9-13H2. The van der Waals surface area contributed by atoms with E-state index in [1.807, 2.05) is 24.3 Å². The van der Waals surface area contributed by atoms with Gasteiger partial charge >= 0.3 is 6.36 Å². The SMILES string of the molecule is FC(F)(F)Oc1ccc(-c2ccc(CN(CC3CO3)CC3CO3)cc2)cc1. The van der Waals surface area contributed by atoms with Crippen LogP contribution in [0.25, 0.3) is 11.1 Å². The zero-order chi connectivity index (χ0) is 18.9. The molecular formula is C20H20F3NO3. The van der Waals surface area contributed by atoms with E-state index in [2.05, 4.69) is 9.64 Å². The molecule has 0 aliphatic carbocycles. The fourth-order valence-corrected chi connectivity index (χ4v) is 3.04. The van der Waals surface area contributed by atoms with Crippen LogP contribution >= 0.6 is 0 Å². The Morgan fingerprint density at radius 2 is 1.33 bits per heavy atom. The second kappa shape index (κ2) is 7.50. The first-order valence-electron chi connectivity index (χ1n) is 8.85. The molecule has 0 spiro atoms. The number of hydrogen-bond acceptors (Lipinski definition) is 4. The number of rotatable bonds is 8. The van der Waals surface area contributed by atoms with Crippen LogP contribution in [-0.2, 0) is 16.0 Å². The highest BCUT2D eigenvalue weighted by atomic mass is 19.4. The number of hydrogen-bond donors (Lipinski definition) is 0. The van der Waals surface area contributed by atoms with E-state index in [1.54, 1.807) is 12.1 Å². The molecule has 2 atom stereocenters. The van der Waals surface area contributed by atoms with Gasteiger partial charge in [0.1, 0.15) is 5.75 Å². The molecule has 2 aliphatic rings. The quantitative estimate of drug-likeness (QED) is 0.653.